The van der Waals surface area contributed by atoms with Crippen LogP contribution in [0.5, 0.6) is 11.5 Å². The Morgan fingerprint density at radius 1 is 0.588 bits per heavy atom. The van der Waals surface area contributed by atoms with Crippen molar-refractivity contribution in [1.82, 2.24) is 4.98 Å². The van der Waals surface area contributed by atoms with Crippen molar-refractivity contribution in [3.05, 3.63) is 102 Å². The lowest BCUT2D eigenvalue weighted by Gasteiger charge is -2.16. The number of rotatable bonds is 5. The molecule has 0 spiro atoms. The van der Waals surface area contributed by atoms with Crippen molar-refractivity contribution in [3.63, 3.8) is 0 Å². The van der Waals surface area contributed by atoms with E-state index in [1.54, 1.807) is 14.2 Å². The Morgan fingerprint density at radius 2 is 1.15 bits per heavy atom. The Hall–Kier alpha value is -4.11. The summed E-state index contributed by atoms with van der Waals surface area (Å²) in [5, 5.41) is 2.19. The molecule has 1 aromatic heterocycles. The first kappa shape index (κ1) is 21.7. The van der Waals surface area contributed by atoms with E-state index in [4.69, 9.17) is 14.5 Å². The van der Waals surface area contributed by atoms with Crippen molar-refractivity contribution in [3.8, 4) is 45.0 Å². The molecule has 0 aliphatic rings. The molecule has 1 heterocycles. The van der Waals surface area contributed by atoms with Gasteiger partial charge in [-0.3, -0.25) is 4.98 Å². The van der Waals surface area contributed by atoms with Crippen molar-refractivity contribution in [2.75, 3.05) is 14.2 Å². The van der Waals surface area contributed by atoms with Gasteiger partial charge in [0.25, 0.3) is 0 Å². The predicted octanol–water partition coefficient (Wildman–Crippen LogP) is 7.87. The van der Waals surface area contributed by atoms with Crippen molar-refractivity contribution >= 4 is 10.8 Å². The van der Waals surface area contributed by atoms with Gasteiger partial charge in [-0.1, -0.05) is 60.7 Å². The first-order chi connectivity index (χ1) is 16.6. The highest BCUT2D eigenvalue weighted by molar-refractivity contribution is 5.94. The highest BCUT2D eigenvalue weighted by Crippen LogP contribution is 2.40. The van der Waals surface area contributed by atoms with Crippen molar-refractivity contribution in [2.24, 2.45) is 0 Å². The van der Waals surface area contributed by atoms with Gasteiger partial charge in [0.05, 0.1) is 19.9 Å². The van der Waals surface area contributed by atoms with Crippen LogP contribution in [0.4, 0.5) is 0 Å². The summed E-state index contributed by atoms with van der Waals surface area (Å²) < 4.78 is 11.2. The van der Waals surface area contributed by atoms with E-state index in [9.17, 15) is 0 Å². The molecule has 5 rings (SSSR count). The van der Waals surface area contributed by atoms with Gasteiger partial charge in [-0.2, -0.15) is 0 Å². The van der Waals surface area contributed by atoms with Crippen LogP contribution < -0.4 is 9.47 Å². The average Bonchev–Trinajstić information content (AvgIpc) is 2.89. The Bertz CT molecular complexity index is 1420. The van der Waals surface area contributed by atoms with Crippen molar-refractivity contribution in [2.45, 2.75) is 13.8 Å². The Balaban J connectivity index is 1.75. The summed E-state index contributed by atoms with van der Waals surface area (Å²) in [7, 11) is 3.35. The molecule has 0 aliphatic carbocycles. The third kappa shape index (κ3) is 3.90. The fourth-order valence-electron chi connectivity index (χ4n) is 4.73. The largest absolute Gasteiger partial charge is 0.493 e. The quantitative estimate of drug-likeness (QED) is 0.276. The SMILES string of the molecule is COc1cc2cc(-c3cc(-c4ccccc4)cc(-c4ccccc4)c3)nc(C)c2c(C)c1OC. The summed E-state index contributed by atoms with van der Waals surface area (Å²) in [6.07, 6.45) is 0. The van der Waals surface area contributed by atoms with E-state index < -0.39 is 0 Å². The van der Waals surface area contributed by atoms with E-state index >= 15 is 0 Å². The highest BCUT2D eigenvalue weighted by atomic mass is 16.5. The minimum atomic E-state index is 0.729. The second-order valence-corrected chi connectivity index (χ2v) is 8.46. The molecule has 0 fully saturated rings. The minimum absolute atomic E-state index is 0.729. The maximum atomic E-state index is 5.62. The normalized spacial score (nSPS) is 10.9. The average molecular weight is 446 g/mol. The molecule has 34 heavy (non-hydrogen) atoms. The molecule has 0 unspecified atom stereocenters. The van der Waals surface area contributed by atoms with E-state index in [-0.39, 0.29) is 0 Å². The number of fused-ring (bicyclic) bond motifs is 1. The third-order valence-corrected chi connectivity index (χ3v) is 6.32. The van der Waals surface area contributed by atoms with Crippen LogP contribution in [-0.2, 0) is 0 Å². The molecule has 168 valence electrons. The van der Waals surface area contributed by atoms with Crippen LogP contribution in [0.3, 0.4) is 0 Å². The number of benzene rings is 4. The Labute approximate surface area is 200 Å². The van der Waals surface area contributed by atoms with E-state index in [2.05, 4.69) is 86.6 Å². The molecule has 5 aromatic rings. The second-order valence-electron chi connectivity index (χ2n) is 8.46. The lowest BCUT2D eigenvalue weighted by atomic mass is 9.94. The van der Waals surface area contributed by atoms with Gasteiger partial charge in [-0.25, -0.2) is 0 Å². The molecule has 0 atom stereocenters. The van der Waals surface area contributed by atoms with Crippen LogP contribution in [0.2, 0.25) is 0 Å². The first-order valence-electron chi connectivity index (χ1n) is 11.4. The zero-order chi connectivity index (χ0) is 23.7. The van der Waals surface area contributed by atoms with Gasteiger partial charge in [-0.05, 0) is 71.8 Å². The van der Waals surface area contributed by atoms with E-state index in [1.807, 2.05) is 18.2 Å². The van der Waals surface area contributed by atoms with Gasteiger partial charge >= 0.3 is 0 Å². The van der Waals surface area contributed by atoms with Crippen molar-refractivity contribution in [1.29, 1.82) is 0 Å². The number of hydrogen-bond acceptors (Lipinski definition) is 3. The van der Waals surface area contributed by atoms with Crippen molar-refractivity contribution < 1.29 is 9.47 Å². The molecule has 0 amide bonds. The van der Waals surface area contributed by atoms with Gasteiger partial charge in [0.2, 0.25) is 0 Å². The maximum absolute atomic E-state index is 5.62. The van der Waals surface area contributed by atoms with Crippen LogP contribution in [0.25, 0.3) is 44.3 Å². The maximum Gasteiger partial charge on any atom is 0.164 e. The number of aryl methyl sites for hydroxylation is 2. The van der Waals surface area contributed by atoms with E-state index in [0.29, 0.717) is 0 Å². The number of aromatic nitrogens is 1. The zero-order valence-electron chi connectivity index (χ0n) is 19.9. The topological polar surface area (TPSA) is 31.4 Å². The van der Waals surface area contributed by atoms with E-state index in [1.165, 1.54) is 22.3 Å². The molecule has 0 N–H and O–H groups in total. The molecule has 0 saturated carbocycles. The second kappa shape index (κ2) is 9.03. The summed E-state index contributed by atoms with van der Waals surface area (Å²) in [5.41, 5.74) is 8.72. The number of hydrogen-bond donors (Lipinski definition) is 0. The fourth-order valence-corrected chi connectivity index (χ4v) is 4.73. The summed E-state index contributed by atoms with van der Waals surface area (Å²) in [5.74, 6) is 1.48. The minimum Gasteiger partial charge on any atom is -0.493 e. The monoisotopic (exact) mass is 445 g/mol. The van der Waals surface area contributed by atoms with E-state index in [0.717, 1.165) is 44.8 Å². The van der Waals surface area contributed by atoms with Gasteiger partial charge in [0.1, 0.15) is 0 Å². The summed E-state index contributed by atoms with van der Waals surface area (Å²) in [4.78, 5) is 5.04. The van der Waals surface area contributed by atoms with Gasteiger partial charge in [0, 0.05) is 22.2 Å². The van der Waals surface area contributed by atoms with Gasteiger partial charge < -0.3 is 9.47 Å². The number of nitrogens with zero attached hydrogens (tertiary/aromatic N) is 1. The smallest absolute Gasteiger partial charge is 0.164 e. The number of pyridine rings is 1. The first-order valence-corrected chi connectivity index (χ1v) is 11.4. The lowest BCUT2D eigenvalue weighted by Crippen LogP contribution is -1.98. The van der Waals surface area contributed by atoms with Crippen LogP contribution in [0.1, 0.15) is 11.3 Å². The molecule has 0 radical (unpaired) electrons. The summed E-state index contributed by atoms with van der Waals surface area (Å²) >= 11 is 0. The van der Waals surface area contributed by atoms with Crippen LogP contribution in [0, 0.1) is 13.8 Å². The van der Waals surface area contributed by atoms with Gasteiger partial charge in [-0.15, -0.1) is 0 Å². The molecule has 0 bridgehead atoms. The van der Waals surface area contributed by atoms with Gasteiger partial charge in [0.15, 0.2) is 11.5 Å². The molecule has 0 aliphatic heterocycles. The number of ether oxygens (including phenoxy) is 2. The summed E-state index contributed by atoms with van der Waals surface area (Å²) in [6, 6.07) is 31.9. The molecule has 3 nitrogen and oxygen atoms in total. The summed E-state index contributed by atoms with van der Waals surface area (Å²) in [6.45, 7) is 4.12. The molecular formula is C31H27NO2. The standard InChI is InChI=1S/C31H27NO2/c1-20-30-21(2)32-28(18-27(30)19-29(33-3)31(20)34-4)26-16-24(22-11-7-5-8-12-22)15-25(17-26)23-13-9-6-10-14-23/h5-19H,1-4H3. The number of methoxy groups -OCH3 is 2. The zero-order valence-corrected chi connectivity index (χ0v) is 19.9. The Kier molecular flexibility index (Phi) is 5.77. The van der Waals surface area contributed by atoms with Crippen LogP contribution in [-0.4, -0.2) is 19.2 Å². The molecule has 4 aromatic carbocycles. The fraction of sp³-hybridized carbons (Fsp3) is 0.129. The highest BCUT2D eigenvalue weighted by Gasteiger charge is 2.16. The lowest BCUT2D eigenvalue weighted by molar-refractivity contribution is 0.354. The third-order valence-electron chi connectivity index (χ3n) is 6.32. The van der Waals surface area contributed by atoms with Crippen LogP contribution >= 0.6 is 0 Å². The predicted molar refractivity (Wildman–Crippen MR) is 141 cm³/mol. The molecule has 0 saturated heterocycles. The molecular weight excluding hydrogens is 418 g/mol. The molecule has 3 heteroatoms. The Morgan fingerprint density at radius 3 is 1.68 bits per heavy atom. The van der Waals surface area contributed by atoms with Crippen LogP contribution in [0.15, 0.2) is 91.0 Å².